The quantitative estimate of drug-likeness (QED) is 0.783. The van der Waals surface area contributed by atoms with Gasteiger partial charge in [0.15, 0.2) is 11.8 Å². The average Bonchev–Trinajstić information content (AvgIpc) is 2.76. The van der Waals surface area contributed by atoms with Crippen LogP contribution in [0.4, 0.5) is 0 Å². The first-order chi connectivity index (χ1) is 7.90. The lowest BCUT2D eigenvalue weighted by atomic mass is 10.1. The van der Waals surface area contributed by atoms with Crippen molar-refractivity contribution < 1.29 is 9.29 Å². The summed E-state index contributed by atoms with van der Waals surface area (Å²) in [6.45, 7) is 0. The van der Waals surface area contributed by atoms with Crippen LogP contribution in [0, 0.1) is 0 Å². The lowest BCUT2D eigenvalue weighted by molar-refractivity contribution is 0.212. The van der Waals surface area contributed by atoms with E-state index in [9.17, 15) is 0 Å². The van der Waals surface area contributed by atoms with Gasteiger partial charge in [0.1, 0.15) is 6.10 Å². The number of rotatable bonds is 5. The molecule has 0 saturated carbocycles. The number of aryl methyl sites for hydroxylation is 1. The molecular weight excluding hydrogens is 210 g/mol. The van der Waals surface area contributed by atoms with Crippen LogP contribution in [0.2, 0.25) is 0 Å². The average molecular weight is 225 g/mol. The van der Waals surface area contributed by atoms with Crippen LogP contribution in [0.25, 0.3) is 1.43 Å². The summed E-state index contributed by atoms with van der Waals surface area (Å²) in [6, 6.07) is 10.3. The molecule has 1 aromatic carbocycles. The molecule has 2 atom stereocenters. The Kier molecular flexibility index (Phi) is 3.20. The summed E-state index contributed by atoms with van der Waals surface area (Å²) in [4.78, 5) is 4.09. The molecule has 80 valence electrons. The smallest absolute Gasteiger partial charge is 0.229 e. The maximum Gasteiger partial charge on any atom is 0.229 e. The van der Waals surface area contributed by atoms with E-state index in [1.165, 1.54) is 12.0 Å². The first-order valence-corrected chi connectivity index (χ1v) is 5.70. The van der Waals surface area contributed by atoms with Gasteiger partial charge in [0, 0.05) is 12.0 Å². The van der Waals surface area contributed by atoms with Gasteiger partial charge in [-0.15, -0.1) is 0 Å². The number of nitrogens with zero attached hydrogens (tertiary/aromatic N) is 1. The molecular formula is C11H13NO2S. The highest BCUT2D eigenvalue weighted by Gasteiger charge is 2.25. The second kappa shape index (κ2) is 5.19. The Morgan fingerprint density at radius 1 is 1.47 bits per heavy atom. The van der Waals surface area contributed by atoms with Gasteiger partial charge in [-0.25, -0.2) is 4.99 Å². The van der Waals surface area contributed by atoms with Crippen molar-refractivity contribution in [2.24, 2.45) is 4.99 Å². The molecule has 4 heteroatoms. The van der Waals surface area contributed by atoms with Crippen molar-refractivity contribution >= 4 is 18.4 Å². The second-order valence-corrected chi connectivity index (χ2v) is 4.12. The van der Waals surface area contributed by atoms with Crippen LogP contribution < -0.4 is 0 Å². The van der Waals surface area contributed by atoms with E-state index in [1.807, 2.05) is 18.2 Å². The fourth-order valence-electron chi connectivity index (χ4n) is 1.59. The molecule has 1 aliphatic heterocycles. The molecule has 0 aromatic heterocycles. The molecule has 1 heterocycles. The zero-order valence-electron chi connectivity index (χ0n) is 9.20. The fourth-order valence-corrected chi connectivity index (χ4v) is 2.01. The van der Waals surface area contributed by atoms with Gasteiger partial charge in [0.05, 0.1) is 0 Å². The molecule has 0 aliphatic carbocycles. The summed E-state index contributed by atoms with van der Waals surface area (Å²) in [5.74, 6) is 0. The number of ether oxygens (including phenoxy) is 1. The van der Waals surface area contributed by atoms with Crippen LogP contribution in [0.15, 0.2) is 35.3 Å². The van der Waals surface area contributed by atoms with E-state index in [-0.39, 0.29) is 11.5 Å². The van der Waals surface area contributed by atoms with Crippen molar-refractivity contribution in [2.45, 2.75) is 24.3 Å². The van der Waals surface area contributed by atoms with Crippen molar-refractivity contribution in [1.82, 2.24) is 0 Å². The largest absolute Gasteiger partial charge is 0.477 e. The maximum atomic E-state index is 6.69. The molecule has 2 rings (SSSR count). The Balaban J connectivity index is 1.82. The maximum absolute atomic E-state index is 6.69. The zero-order chi connectivity index (χ0) is 11.2. The predicted octanol–water partition coefficient (Wildman–Crippen LogP) is 2.58. The first-order valence-electron chi connectivity index (χ1n) is 5.30. The molecule has 0 spiro atoms. The topological polar surface area (TPSA) is 41.8 Å². The minimum Gasteiger partial charge on any atom is -0.477 e. The summed E-state index contributed by atoms with van der Waals surface area (Å²) in [6.07, 6.45) is 3.29. The van der Waals surface area contributed by atoms with Crippen molar-refractivity contribution in [2.75, 3.05) is 0 Å². The van der Waals surface area contributed by atoms with Gasteiger partial charge in [-0.05, 0) is 18.4 Å². The third-order valence-corrected chi connectivity index (χ3v) is 3.04. The number of hydrogen-bond acceptors (Lipinski definition) is 4. The van der Waals surface area contributed by atoms with Gasteiger partial charge in [-0.2, -0.15) is 0 Å². The molecule has 0 bridgehead atoms. The first kappa shape index (κ1) is 9.24. The highest BCUT2D eigenvalue weighted by molar-refractivity contribution is 7.94. The standard InChI is InChI=1S/C11H13NO2S/c13-15-11-10(14-8-12-11)7-6-9-4-2-1-3-5-9/h1-5,8,10-11,13H,6-7H2/t10?,11-/m0/s1/i/hT. The molecule has 1 N–H and O–H groups in total. The second-order valence-electron chi connectivity index (χ2n) is 3.44. The van der Waals surface area contributed by atoms with Crippen LogP contribution in [-0.4, -0.2) is 22.4 Å². The monoisotopic (exact) mass is 225 g/mol. The molecule has 3 nitrogen and oxygen atoms in total. The van der Waals surface area contributed by atoms with Crippen molar-refractivity contribution in [3.8, 4) is 0 Å². The van der Waals surface area contributed by atoms with Gasteiger partial charge < -0.3 is 9.29 Å². The molecule has 1 aromatic rings. The van der Waals surface area contributed by atoms with Gasteiger partial charge in [0.25, 0.3) is 0 Å². The summed E-state index contributed by atoms with van der Waals surface area (Å²) >= 11 is 1.03. The molecule has 0 saturated heterocycles. The summed E-state index contributed by atoms with van der Waals surface area (Å²) in [5, 5.41) is -0.110. The third kappa shape index (κ3) is 2.73. The van der Waals surface area contributed by atoms with Gasteiger partial charge in [-0.1, -0.05) is 30.3 Å². The Morgan fingerprint density at radius 3 is 3.13 bits per heavy atom. The van der Waals surface area contributed by atoms with Crippen molar-refractivity contribution in [3.63, 3.8) is 0 Å². The number of aliphatic imine (C=N–C) groups is 1. The Hall–Kier alpha value is -1.00. The normalized spacial score (nSPS) is 24.9. The third-order valence-electron chi connectivity index (χ3n) is 2.42. The van der Waals surface area contributed by atoms with E-state index < -0.39 is 0 Å². The van der Waals surface area contributed by atoms with Gasteiger partial charge >= 0.3 is 0 Å². The highest BCUT2D eigenvalue weighted by Crippen LogP contribution is 2.23. The summed E-state index contributed by atoms with van der Waals surface area (Å²) in [7, 11) is 0. The van der Waals surface area contributed by atoms with E-state index >= 15 is 0 Å². The van der Waals surface area contributed by atoms with Crippen LogP contribution in [-0.2, 0) is 11.2 Å². The fraction of sp³-hybridized carbons (Fsp3) is 0.364. The van der Waals surface area contributed by atoms with Crippen molar-refractivity contribution in [1.29, 1.82) is 1.43 Å². The van der Waals surface area contributed by atoms with Crippen molar-refractivity contribution in [3.05, 3.63) is 35.9 Å². The van der Waals surface area contributed by atoms with E-state index in [0.717, 1.165) is 24.9 Å². The predicted molar refractivity (Wildman–Crippen MR) is 62.1 cm³/mol. The van der Waals surface area contributed by atoms with Crippen LogP contribution in [0.5, 0.6) is 0 Å². The Labute approximate surface area is 94.9 Å². The molecule has 0 amide bonds. The van der Waals surface area contributed by atoms with Gasteiger partial charge in [0.2, 0.25) is 1.43 Å². The Bertz CT molecular complexity index is 347. The number of hydrogen-bond donors (Lipinski definition) is 1. The summed E-state index contributed by atoms with van der Waals surface area (Å²) < 4.78 is 16.3. The minimum absolute atomic E-state index is 0.00977. The van der Waals surface area contributed by atoms with Crippen LogP contribution >= 0.6 is 12.0 Å². The van der Waals surface area contributed by atoms with Gasteiger partial charge in [-0.3, -0.25) is 0 Å². The van der Waals surface area contributed by atoms with E-state index in [4.69, 9.17) is 6.17 Å². The highest BCUT2D eigenvalue weighted by atomic mass is 32.2. The molecule has 1 aliphatic rings. The lowest BCUT2D eigenvalue weighted by Gasteiger charge is -2.13. The molecule has 1 unspecified atom stereocenters. The zero-order valence-corrected chi connectivity index (χ0v) is 9.02. The van der Waals surface area contributed by atoms with E-state index in [0.29, 0.717) is 0 Å². The SMILES string of the molecule is [3H]OS[C@@H]1N=COC1CCc1ccccc1. The molecule has 0 fully saturated rings. The summed E-state index contributed by atoms with van der Waals surface area (Å²) in [5.41, 5.74) is 1.29. The molecule has 15 heavy (non-hydrogen) atoms. The Morgan fingerprint density at radius 2 is 2.33 bits per heavy atom. The van der Waals surface area contributed by atoms with E-state index in [2.05, 4.69) is 21.7 Å². The van der Waals surface area contributed by atoms with Crippen LogP contribution in [0.1, 0.15) is 12.0 Å². The van der Waals surface area contributed by atoms with Crippen LogP contribution in [0.3, 0.4) is 0 Å². The van der Waals surface area contributed by atoms with E-state index in [1.54, 1.807) is 0 Å². The molecule has 0 radical (unpaired) electrons. The minimum atomic E-state index is -0.110. The number of benzene rings is 1. The lowest BCUT2D eigenvalue weighted by Crippen LogP contribution is -2.19.